The third-order valence-corrected chi connectivity index (χ3v) is 5.33. The summed E-state index contributed by atoms with van der Waals surface area (Å²) >= 11 is 0. The molecule has 0 bridgehead atoms. The number of carbonyl (C=O) groups is 1. The molecule has 0 aliphatic rings. The first-order valence-corrected chi connectivity index (χ1v) is 10.9. The lowest BCUT2D eigenvalue weighted by Gasteiger charge is -2.06. The molecule has 6 nitrogen and oxygen atoms in total. The van der Waals surface area contributed by atoms with Gasteiger partial charge in [-0.15, -0.1) is 0 Å². The van der Waals surface area contributed by atoms with Gasteiger partial charge in [-0.2, -0.15) is 10.4 Å². The van der Waals surface area contributed by atoms with Gasteiger partial charge in [0.1, 0.15) is 17.4 Å². The fourth-order valence-electron chi connectivity index (χ4n) is 3.54. The van der Waals surface area contributed by atoms with Gasteiger partial charge in [-0.1, -0.05) is 60.7 Å². The molecule has 0 aliphatic heterocycles. The van der Waals surface area contributed by atoms with Gasteiger partial charge in [0, 0.05) is 23.9 Å². The molecule has 0 fully saturated rings. The third-order valence-electron chi connectivity index (χ3n) is 5.33. The van der Waals surface area contributed by atoms with Gasteiger partial charge in [0.05, 0.1) is 18.5 Å². The summed E-state index contributed by atoms with van der Waals surface area (Å²) in [4.78, 5) is 12.7. The predicted molar refractivity (Wildman–Crippen MR) is 132 cm³/mol. The van der Waals surface area contributed by atoms with Crippen molar-refractivity contribution in [2.75, 3.05) is 13.7 Å². The van der Waals surface area contributed by atoms with E-state index < -0.39 is 5.91 Å². The number of para-hydroxylation sites is 1. The molecule has 6 heteroatoms. The van der Waals surface area contributed by atoms with Gasteiger partial charge in [0.25, 0.3) is 5.91 Å². The van der Waals surface area contributed by atoms with Gasteiger partial charge >= 0.3 is 0 Å². The van der Waals surface area contributed by atoms with E-state index in [1.54, 1.807) is 17.9 Å². The number of benzene rings is 3. The van der Waals surface area contributed by atoms with E-state index in [2.05, 4.69) is 5.32 Å². The molecule has 168 valence electrons. The second-order valence-corrected chi connectivity index (χ2v) is 7.60. The minimum atomic E-state index is -0.414. The van der Waals surface area contributed by atoms with Crippen LogP contribution in [0.15, 0.2) is 96.7 Å². The highest BCUT2D eigenvalue weighted by Crippen LogP contribution is 2.25. The maximum atomic E-state index is 12.7. The fourth-order valence-corrected chi connectivity index (χ4v) is 3.54. The number of nitriles is 1. The normalized spacial score (nSPS) is 11.0. The van der Waals surface area contributed by atoms with Gasteiger partial charge in [-0.05, 0) is 42.3 Å². The first-order chi connectivity index (χ1) is 16.7. The van der Waals surface area contributed by atoms with Crippen molar-refractivity contribution in [3.8, 4) is 28.8 Å². The molecule has 0 unspecified atom stereocenters. The second kappa shape index (κ2) is 10.8. The number of hydrogen-bond acceptors (Lipinski definition) is 4. The summed E-state index contributed by atoms with van der Waals surface area (Å²) in [7, 11) is 1.62. The Balaban J connectivity index is 1.55. The van der Waals surface area contributed by atoms with Crippen LogP contribution in [0.25, 0.3) is 23.0 Å². The van der Waals surface area contributed by atoms with E-state index in [-0.39, 0.29) is 5.57 Å². The van der Waals surface area contributed by atoms with E-state index in [0.717, 1.165) is 22.6 Å². The number of hydrogen-bond donors (Lipinski definition) is 1. The molecule has 4 rings (SSSR count). The summed E-state index contributed by atoms with van der Waals surface area (Å²) in [5.41, 5.74) is 4.28. The lowest BCUT2D eigenvalue weighted by atomic mass is 10.1. The zero-order chi connectivity index (χ0) is 23.8. The number of amides is 1. The fraction of sp³-hybridized carbons (Fsp3) is 0.107. The number of aromatic nitrogens is 2. The molecule has 1 N–H and O–H groups in total. The molecule has 34 heavy (non-hydrogen) atoms. The van der Waals surface area contributed by atoms with Gasteiger partial charge in [-0.25, -0.2) is 4.68 Å². The minimum absolute atomic E-state index is 0.0273. The summed E-state index contributed by atoms with van der Waals surface area (Å²) in [5, 5.41) is 17.3. The van der Waals surface area contributed by atoms with E-state index in [4.69, 9.17) is 9.84 Å². The third kappa shape index (κ3) is 5.40. The molecule has 0 saturated carbocycles. The summed E-state index contributed by atoms with van der Waals surface area (Å²) in [6, 6.07) is 29.1. The second-order valence-electron chi connectivity index (χ2n) is 7.60. The van der Waals surface area contributed by atoms with E-state index in [1.165, 1.54) is 0 Å². The zero-order valence-corrected chi connectivity index (χ0v) is 18.8. The molecule has 0 radical (unpaired) electrons. The van der Waals surface area contributed by atoms with Crippen molar-refractivity contribution in [1.29, 1.82) is 5.26 Å². The monoisotopic (exact) mass is 448 g/mol. The summed E-state index contributed by atoms with van der Waals surface area (Å²) in [6.45, 7) is 0.416. The van der Waals surface area contributed by atoms with Crippen molar-refractivity contribution in [2.45, 2.75) is 6.42 Å². The molecular formula is C28H24N4O2. The number of carbonyl (C=O) groups excluding carboxylic acids is 1. The van der Waals surface area contributed by atoms with Crippen LogP contribution in [0.2, 0.25) is 0 Å². The molecule has 1 heterocycles. The molecule has 3 aromatic carbocycles. The highest BCUT2D eigenvalue weighted by Gasteiger charge is 2.15. The highest BCUT2D eigenvalue weighted by molar-refractivity contribution is 6.02. The van der Waals surface area contributed by atoms with Gasteiger partial charge < -0.3 is 10.1 Å². The number of nitrogens with zero attached hydrogens (tertiary/aromatic N) is 3. The molecule has 0 atom stereocenters. The summed E-state index contributed by atoms with van der Waals surface area (Å²) < 4.78 is 6.92. The van der Waals surface area contributed by atoms with Crippen molar-refractivity contribution in [3.05, 3.63) is 108 Å². The standard InChI is InChI=1S/C28H24N4O2/c1-34-26-14-12-21(13-15-26)16-17-30-28(33)23(19-29)18-24-20-32(25-10-6-3-7-11-25)31-27(24)22-8-4-2-5-9-22/h2-15,18,20H,16-17H2,1H3,(H,30,33). The number of nitrogens with one attached hydrogen (secondary N) is 1. The van der Waals surface area contributed by atoms with Crippen LogP contribution < -0.4 is 10.1 Å². The summed E-state index contributed by atoms with van der Waals surface area (Å²) in [5.74, 6) is 0.371. The minimum Gasteiger partial charge on any atom is -0.497 e. The lowest BCUT2D eigenvalue weighted by Crippen LogP contribution is -2.26. The van der Waals surface area contributed by atoms with Crippen LogP contribution in [-0.4, -0.2) is 29.3 Å². The number of methoxy groups -OCH3 is 1. The smallest absolute Gasteiger partial charge is 0.261 e. The van der Waals surface area contributed by atoms with Crippen LogP contribution >= 0.6 is 0 Å². The average molecular weight is 449 g/mol. The average Bonchev–Trinajstić information content (AvgIpc) is 3.32. The summed E-state index contributed by atoms with van der Waals surface area (Å²) in [6.07, 6.45) is 4.08. The first kappa shape index (κ1) is 22.6. The SMILES string of the molecule is COc1ccc(CCNC(=O)C(C#N)=Cc2cn(-c3ccccc3)nc2-c2ccccc2)cc1. The molecule has 0 aliphatic carbocycles. The van der Waals surface area contributed by atoms with Crippen molar-refractivity contribution < 1.29 is 9.53 Å². The quantitative estimate of drug-likeness (QED) is 0.310. The molecule has 0 saturated heterocycles. The largest absolute Gasteiger partial charge is 0.497 e. The number of ether oxygens (including phenoxy) is 1. The Morgan fingerprint density at radius 2 is 1.71 bits per heavy atom. The molecule has 0 spiro atoms. The van der Waals surface area contributed by atoms with Crippen molar-refractivity contribution in [2.24, 2.45) is 0 Å². The van der Waals surface area contributed by atoms with E-state index >= 15 is 0 Å². The predicted octanol–water partition coefficient (Wildman–Crippen LogP) is 4.81. The number of rotatable bonds is 8. The maximum Gasteiger partial charge on any atom is 0.261 e. The highest BCUT2D eigenvalue weighted by atomic mass is 16.5. The zero-order valence-electron chi connectivity index (χ0n) is 18.8. The molecule has 1 aromatic heterocycles. The van der Waals surface area contributed by atoms with Gasteiger partial charge in [0.15, 0.2) is 0 Å². The van der Waals surface area contributed by atoms with Crippen LogP contribution in [0.3, 0.4) is 0 Å². The maximum absolute atomic E-state index is 12.7. The Morgan fingerprint density at radius 1 is 1.03 bits per heavy atom. The van der Waals surface area contributed by atoms with Crippen molar-refractivity contribution >= 4 is 12.0 Å². The van der Waals surface area contributed by atoms with E-state index in [1.807, 2.05) is 97.2 Å². The van der Waals surface area contributed by atoms with Crippen LogP contribution in [-0.2, 0) is 11.2 Å². The van der Waals surface area contributed by atoms with E-state index in [9.17, 15) is 10.1 Å². The molecular weight excluding hydrogens is 424 g/mol. The Kier molecular flexibility index (Phi) is 7.16. The Bertz CT molecular complexity index is 1320. The topological polar surface area (TPSA) is 79.9 Å². The van der Waals surface area contributed by atoms with Crippen LogP contribution in [0.5, 0.6) is 5.75 Å². The molecule has 4 aromatic rings. The lowest BCUT2D eigenvalue weighted by molar-refractivity contribution is -0.117. The van der Waals surface area contributed by atoms with Crippen LogP contribution in [0.1, 0.15) is 11.1 Å². The van der Waals surface area contributed by atoms with Crippen LogP contribution in [0.4, 0.5) is 0 Å². The Labute approximate surface area is 198 Å². The Hall–Kier alpha value is -4.63. The Morgan fingerprint density at radius 3 is 2.35 bits per heavy atom. The first-order valence-electron chi connectivity index (χ1n) is 10.9. The van der Waals surface area contributed by atoms with Crippen molar-refractivity contribution in [3.63, 3.8) is 0 Å². The van der Waals surface area contributed by atoms with Crippen molar-refractivity contribution in [1.82, 2.24) is 15.1 Å². The van der Waals surface area contributed by atoms with Gasteiger partial charge in [0.2, 0.25) is 0 Å². The van der Waals surface area contributed by atoms with Gasteiger partial charge in [-0.3, -0.25) is 4.79 Å². The molecule has 1 amide bonds. The van der Waals surface area contributed by atoms with E-state index in [0.29, 0.717) is 24.2 Å². The van der Waals surface area contributed by atoms with Crippen LogP contribution in [0, 0.1) is 11.3 Å².